The Bertz CT molecular complexity index is 2050. The topological polar surface area (TPSA) is 60.7 Å². The van der Waals surface area contributed by atoms with E-state index < -0.39 is 0 Å². The third-order valence-electron chi connectivity index (χ3n) is 7.67. The van der Waals surface area contributed by atoms with Gasteiger partial charge in [-0.25, -0.2) is 0 Å². The van der Waals surface area contributed by atoms with Gasteiger partial charge in [0.2, 0.25) is 0 Å². The second-order valence-electron chi connectivity index (χ2n) is 10.2. The lowest BCUT2D eigenvalue weighted by molar-refractivity contribution is 1.12. The number of allylic oxidation sites excluding steroid dienone is 1. The standard InChI is InChI=1S/C38H25N5/c39-26-29(27-40)25-28-9-11-34(12-10-28)43(35-17-13-32(14-18-35)41-23-21-30-5-1-3-7-37(30)41)36-19-15-33(16-20-36)42-24-22-31-6-2-4-8-38(31)42/h1-25H. The number of para-hydroxylation sites is 2. The minimum atomic E-state index is 0.0749. The summed E-state index contributed by atoms with van der Waals surface area (Å²) in [6, 6.07) is 49.8. The largest absolute Gasteiger partial charge is 0.317 e. The van der Waals surface area contributed by atoms with Crippen LogP contribution in [0.25, 0.3) is 39.3 Å². The van der Waals surface area contributed by atoms with Crippen LogP contribution in [0.15, 0.2) is 151 Å². The molecule has 0 saturated carbocycles. The van der Waals surface area contributed by atoms with Crippen molar-refractivity contribution in [2.24, 2.45) is 0 Å². The number of nitrogens with zero attached hydrogens (tertiary/aromatic N) is 5. The van der Waals surface area contributed by atoms with E-state index in [1.54, 1.807) is 6.08 Å². The molecule has 0 N–H and O–H groups in total. The van der Waals surface area contributed by atoms with Crippen LogP contribution in [-0.4, -0.2) is 9.13 Å². The van der Waals surface area contributed by atoms with E-state index in [4.69, 9.17) is 0 Å². The van der Waals surface area contributed by atoms with E-state index in [2.05, 4.69) is 136 Å². The van der Waals surface area contributed by atoms with Gasteiger partial charge >= 0.3 is 0 Å². The Labute approximate surface area is 249 Å². The van der Waals surface area contributed by atoms with Gasteiger partial charge in [-0.05, 0) is 107 Å². The van der Waals surface area contributed by atoms with Crippen molar-refractivity contribution in [3.63, 3.8) is 0 Å². The molecule has 0 bridgehead atoms. The van der Waals surface area contributed by atoms with Crippen LogP contribution >= 0.6 is 0 Å². The molecule has 0 saturated heterocycles. The molecule has 5 aromatic carbocycles. The molecular weight excluding hydrogens is 526 g/mol. The summed E-state index contributed by atoms with van der Waals surface area (Å²) >= 11 is 0. The Kier molecular flexibility index (Phi) is 6.52. The maximum Gasteiger partial charge on any atom is 0.130 e. The molecule has 0 atom stereocenters. The van der Waals surface area contributed by atoms with E-state index in [-0.39, 0.29) is 5.57 Å². The molecular formula is C38H25N5. The monoisotopic (exact) mass is 551 g/mol. The number of hydrogen-bond acceptors (Lipinski definition) is 3. The lowest BCUT2D eigenvalue weighted by Crippen LogP contribution is -2.10. The van der Waals surface area contributed by atoms with E-state index in [9.17, 15) is 10.5 Å². The van der Waals surface area contributed by atoms with Crippen molar-refractivity contribution in [3.8, 4) is 23.5 Å². The highest BCUT2D eigenvalue weighted by Gasteiger charge is 2.14. The summed E-state index contributed by atoms with van der Waals surface area (Å²) in [5.41, 5.74) is 8.36. The molecule has 5 heteroatoms. The van der Waals surface area contributed by atoms with Crippen LogP contribution in [0.1, 0.15) is 5.56 Å². The van der Waals surface area contributed by atoms with Crippen LogP contribution in [-0.2, 0) is 0 Å². The first-order valence-corrected chi connectivity index (χ1v) is 14.0. The first-order valence-electron chi connectivity index (χ1n) is 14.0. The van der Waals surface area contributed by atoms with Gasteiger partial charge in [-0.2, -0.15) is 10.5 Å². The van der Waals surface area contributed by atoms with Gasteiger partial charge in [-0.1, -0.05) is 48.5 Å². The normalized spacial score (nSPS) is 10.7. The number of anilines is 3. The van der Waals surface area contributed by atoms with Crippen LogP contribution < -0.4 is 4.90 Å². The quantitative estimate of drug-likeness (QED) is 0.193. The van der Waals surface area contributed by atoms with E-state index in [0.717, 1.165) is 45.0 Å². The van der Waals surface area contributed by atoms with Crippen molar-refractivity contribution in [3.05, 3.63) is 157 Å². The fraction of sp³-hybridized carbons (Fsp3) is 0. The van der Waals surface area contributed by atoms with Gasteiger partial charge in [0.15, 0.2) is 0 Å². The summed E-state index contributed by atoms with van der Waals surface area (Å²) in [5, 5.41) is 20.8. The maximum atomic E-state index is 9.17. The zero-order valence-electron chi connectivity index (χ0n) is 23.2. The van der Waals surface area contributed by atoms with Crippen LogP contribution in [0.5, 0.6) is 0 Å². The Morgan fingerprint density at radius 1 is 0.512 bits per heavy atom. The molecule has 7 aromatic rings. The molecule has 202 valence electrons. The molecule has 43 heavy (non-hydrogen) atoms. The molecule has 0 spiro atoms. The highest BCUT2D eigenvalue weighted by Crippen LogP contribution is 2.36. The minimum absolute atomic E-state index is 0.0749. The molecule has 0 aliphatic rings. The van der Waals surface area contributed by atoms with Crippen LogP contribution in [0.2, 0.25) is 0 Å². The Balaban J connectivity index is 1.28. The van der Waals surface area contributed by atoms with Crippen molar-refractivity contribution in [2.45, 2.75) is 0 Å². The highest BCUT2D eigenvalue weighted by molar-refractivity contribution is 5.84. The Morgan fingerprint density at radius 3 is 1.37 bits per heavy atom. The van der Waals surface area contributed by atoms with Gasteiger partial charge in [0.25, 0.3) is 0 Å². The van der Waals surface area contributed by atoms with Crippen molar-refractivity contribution in [1.82, 2.24) is 9.13 Å². The van der Waals surface area contributed by atoms with Crippen molar-refractivity contribution in [1.29, 1.82) is 10.5 Å². The van der Waals surface area contributed by atoms with E-state index in [1.165, 1.54) is 10.8 Å². The summed E-state index contributed by atoms with van der Waals surface area (Å²) in [6.45, 7) is 0. The average molecular weight is 552 g/mol. The molecule has 2 aromatic heterocycles. The molecule has 2 heterocycles. The molecule has 7 rings (SSSR count). The smallest absolute Gasteiger partial charge is 0.130 e. The predicted octanol–water partition coefficient (Wildman–Crippen LogP) is 9.47. The fourth-order valence-electron chi connectivity index (χ4n) is 5.56. The van der Waals surface area contributed by atoms with Crippen LogP contribution in [0.3, 0.4) is 0 Å². The van der Waals surface area contributed by atoms with E-state index >= 15 is 0 Å². The zero-order chi connectivity index (χ0) is 29.2. The number of aromatic nitrogens is 2. The molecule has 0 aliphatic carbocycles. The second kappa shape index (κ2) is 10.9. The predicted molar refractivity (Wildman–Crippen MR) is 174 cm³/mol. The van der Waals surface area contributed by atoms with Crippen LogP contribution in [0, 0.1) is 22.7 Å². The Hall–Kier alpha value is -6.30. The number of hydrogen-bond donors (Lipinski definition) is 0. The van der Waals surface area contributed by atoms with Gasteiger partial charge in [0.05, 0.1) is 11.0 Å². The summed E-state index contributed by atoms with van der Waals surface area (Å²) in [7, 11) is 0. The number of rotatable bonds is 6. The summed E-state index contributed by atoms with van der Waals surface area (Å²) < 4.78 is 4.39. The first kappa shape index (κ1) is 25.7. The SMILES string of the molecule is N#CC(C#N)=Cc1ccc(N(c2ccc(-n3ccc4ccccc43)cc2)c2ccc(-n3ccc4ccccc43)cc2)cc1. The number of benzene rings is 5. The summed E-state index contributed by atoms with van der Waals surface area (Å²) in [5.74, 6) is 0. The number of nitriles is 2. The fourth-order valence-corrected chi connectivity index (χ4v) is 5.56. The Morgan fingerprint density at radius 2 is 0.930 bits per heavy atom. The highest BCUT2D eigenvalue weighted by atomic mass is 15.1. The third kappa shape index (κ3) is 4.82. The third-order valence-corrected chi connectivity index (χ3v) is 7.67. The van der Waals surface area contributed by atoms with Crippen LogP contribution in [0.4, 0.5) is 17.1 Å². The first-order chi connectivity index (χ1) is 21.2. The molecule has 0 unspecified atom stereocenters. The van der Waals surface area contributed by atoms with Gasteiger partial charge < -0.3 is 14.0 Å². The summed E-state index contributed by atoms with van der Waals surface area (Å²) in [4.78, 5) is 2.21. The molecule has 0 amide bonds. The zero-order valence-corrected chi connectivity index (χ0v) is 23.2. The van der Waals surface area contributed by atoms with E-state index in [1.807, 2.05) is 36.4 Å². The second-order valence-corrected chi connectivity index (χ2v) is 10.2. The molecule has 0 fully saturated rings. The lowest BCUT2D eigenvalue weighted by atomic mass is 10.1. The molecule has 0 aliphatic heterocycles. The van der Waals surface area contributed by atoms with Crippen molar-refractivity contribution >= 4 is 44.9 Å². The minimum Gasteiger partial charge on any atom is -0.317 e. The van der Waals surface area contributed by atoms with E-state index in [0.29, 0.717) is 0 Å². The van der Waals surface area contributed by atoms with Gasteiger partial charge in [-0.15, -0.1) is 0 Å². The molecule has 5 nitrogen and oxygen atoms in total. The van der Waals surface area contributed by atoms with Gasteiger partial charge in [-0.3, -0.25) is 0 Å². The average Bonchev–Trinajstić information content (AvgIpc) is 3.70. The number of fused-ring (bicyclic) bond motifs is 2. The molecule has 0 radical (unpaired) electrons. The maximum absolute atomic E-state index is 9.17. The van der Waals surface area contributed by atoms with Crippen molar-refractivity contribution < 1.29 is 0 Å². The lowest BCUT2D eigenvalue weighted by Gasteiger charge is -2.26. The van der Waals surface area contributed by atoms with Crippen molar-refractivity contribution in [2.75, 3.05) is 4.90 Å². The summed E-state index contributed by atoms with van der Waals surface area (Å²) in [6.07, 6.45) is 5.80. The van der Waals surface area contributed by atoms with Gasteiger partial charge in [0.1, 0.15) is 17.7 Å². The van der Waals surface area contributed by atoms with Gasteiger partial charge in [0, 0.05) is 40.8 Å².